The van der Waals surface area contributed by atoms with Gasteiger partial charge < -0.3 is 30.5 Å². The molecule has 6 rings (SSSR count). The Morgan fingerprint density at radius 2 is 2.08 bits per heavy atom. The van der Waals surface area contributed by atoms with Gasteiger partial charge in [0.1, 0.15) is 24.1 Å². The number of pyridine rings is 1. The average Bonchev–Trinajstić information content (AvgIpc) is 3.68. The average molecular weight is 550 g/mol. The Labute approximate surface area is 227 Å². The van der Waals surface area contributed by atoms with Crippen LogP contribution in [0.5, 0.6) is 0 Å². The number of fused-ring (bicyclic) bond motifs is 2. The van der Waals surface area contributed by atoms with E-state index in [9.17, 15) is 4.79 Å². The van der Waals surface area contributed by atoms with Crippen molar-refractivity contribution in [3.63, 3.8) is 0 Å². The number of oxime groups is 1. The summed E-state index contributed by atoms with van der Waals surface area (Å²) >= 11 is 0. The molecule has 0 aliphatic carbocycles. The number of nitrogens with one attached hydrogen (secondary N) is 1. The number of amides is 1. The molecule has 2 aliphatic rings. The molecular formula is C24H27N11O5. The van der Waals surface area contributed by atoms with Crippen LogP contribution in [0.2, 0.25) is 0 Å². The number of carbonyl (C=O) groups is 1. The van der Waals surface area contributed by atoms with Crippen LogP contribution in [0.3, 0.4) is 0 Å². The molecule has 6 heterocycles. The fourth-order valence-electron chi connectivity index (χ4n) is 4.90. The van der Waals surface area contributed by atoms with Gasteiger partial charge in [0.25, 0.3) is 5.91 Å². The van der Waals surface area contributed by atoms with Gasteiger partial charge in [0.2, 0.25) is 0 Å². The standard InChI is InChI=1S/C24H27N11O5/c1-24(2)39-17-18(38-23(19(17)40-24)35-12-29-16-20(25)27-11-28-21(16)35)22(36)26-7-6-15-10-34(33-32-15)9-14-5-3-4-13(31-14)8-30-37/h3-5,8,10-12,17-19,23,37H,6-7,9H2,1-2H3,(H,26,36)(H2,25,27,28)/b30-8-/t17-,18+,19-,23-/m1/s1. The van der Waals surface area contributed by atoms with Crippen LogP contribution in [0, 0.1) is 0 Å². The topological polar surface area (TPSA) is 203 Å². The van der Waals surface area contributed by atoms with Crippen molar-refractivity contribution in [3.8, 4) is 0 Å². The van der Waals surface area contributed by atoms with Crippen molar-refractivity contribution >= 4 is 29.1 Å². The lowest BCUT2D eigenvalue weighted by Crippen LogP contribution is -2.43. The van der Waals surface area contributed by atoms with E-state index in [-0.39, 0.29) is 11.7 Å². The maximum absolute atomic E-state index is 13.2. The second kappa shape index (κ2) is 10.2. The van der Waals surface area contributed by atoms with Crippen LogP contribution in [-0.4, -0.2) is 87.5 Å². The molecule has 0 bridgehead atoms. The lowest BCUT2D eigenvalue weighted by molar-refractivity contribution is -0.197. The summed E-state index contributed by atoms with van der Waals surface area (Å²) in [6.45, 7) is 4.28. The van der Waals surface area contributed by atoms with Gasteiger partial charge in [0.05, 0.1) is 36.2 Å². The van der Waals surface area contributed by atoms with E-state index in [1.165, 1.54) is 12.5 Å². The van der Waals surface area contributed by atoms with Gasteiger partial charge in [-0.3, -0.25) is 9.36 Å². The molecule has 0 radical (unpaired) electrons. The van der Waals surface area contributed by atoms with E-state index in [0.717, 1.165) is 5.69 Å². The SMILES string of the molecule is CC1(C)O[C@@H]2[C@H](O1)[C@@H](C(=O)NCCc1cn(Cc3cccc(/C=N\O)n3)nn1)O[C@H]2n1cnc2c(N)ncnc21. The molecule has 4 aromatic rings. The number of nitrogens with zero attached hydrogens (tertiary/aromatic N) is 9. The van der Waals surface area contributed by atoms with Crippen molar-refractivity contribution in [1.29, 1.82) is 0 Å². The Balaban J connectivity index is 1.10. The fourth-order valence-corrected chi connectivity index (χ4v) is 4.90. The summed E-state index contributed by atoms with van der Waals surface area (Å²) in [4.78, 5) is 30.2. The highest BCUT2D eigenvalue weighted by Gasteiger charge is 2.58. The Hall–Kier alpha value is -4.54. The lowest BCUT2D eigenvalue weighted by Gasteiger charge is -2.24. The molecule has 0 aromatic carbocycles. The van der Waals surface area contributed by atoms with Gasteiger partial charge in [-0.05, 0) is 26.0 Å². The Morgan fingerprint density at radius 1 is 1.23 bits per heavy atom. The molecule has 2 fully saturated rings. The highest BCUT2D eigenvalue weighted by molar-refractivity contribution is 5.83. The zero-order valence-electron chi connectivity index (χ0n) is 21.7. The van der Waals surface area contributed by atoms with Crippen LogP contribution in [0.1, 0.15) is 37.2 Å². The van der Waals surface area contributed by atoms with Gasteiger partial charge in [-0.1, -0.05) is 16.4 Å². The maximum Gasteiger partial charge on any atom is 0.252 e. The molecular weight excluding hydrogens is 522 g/mol. The maximum atomic E-state index is 13.2. The number of carbonyl (C=O) groups excluding carboxylic acids is 1. The van der Waals surface area contributed by atoms with Crippen molar-refractivity contribution in [2.24, 2.45) is 5.16 Å². The summed E-state index contributed by atoms with van der Waals surface area (Å²) in [5.41, 5.74) is 8.79. The molecule has 2 saturated heterocycles. The van der Waals surface area contributed by atoms with E-state index >= 15 is 0 Å². The van der Waals surface area contributed by atoms with Crippen molar-refractivity contribution in [2.75, 3.05) is 12.3 Å². The van der Waals surface area contributed by atoms with Crippen LogP contribution >= 0.6 is 0 Å². The molecule has 4 N–H and O–H groups in total. The van der Waals surface area contributed by atoms with E-state index < -0.39 is 30.3 Å². The van der Waals surface area contributed by atoms with E-state index in [4.69, 9.17) is 25.2 Å². The number of hydrogen-bond donors (Lipinski definition) is 3. The zero-order chi connectivity index (χ0) is 27.9. The number of rotatable bonds is 8. The minimum Gasteiger partial charge on any atom is -0.411 e. The largest absolute Gasteiger partial charge is 0.411 e. The first kappa shape index (κ1) is 25.7. The molecule has 16 heteroatoms. The summed E-state index contributed by atoms with van der Waals surface area (Å²) < 4.78 is 21.7. The minimum absolute atomic E-state index is 0.245. The summed E-state index contributed by atoms with van der Waals surface area (Å²) in [6, 6.07) is 5.37. The van der Waals surface area contributed by atoms with Gasteiger partial charge in [0, 0.05) is 19.2 Å². The number of hydrogen-bond acceptors (Lipinski definition) is 13. The second-order valence-electron chi connectivity index (χ2n) is 9.84. The highest BCUT2D eigenvalue weighted by atomic mass is 16.8. The van der Waals surface area contributed by atoms with Crippen LogP contribution in [0.4, 0.5) is 5.82 Å². The third-order valence-electron chi connectivity index (χ3n) is 6.56. The molecule has 4 aromatic heterocycles. The van der Waals surface area contributed by atoms with E-state index in [2.05, 4.69) is 40.7 Å². The van der Waals surface area contributed by atoms with Crippen molar-refractivity contribution < 1.29 is 24.2 Å². The number of nitrogens with two attached hydrogens (primary N) is 1. The van der Waals surface area contributed by atoms with E-state index in [1.807, 2.05) is 12.1 Å². The molecule has 1 amide bonds. The van der Waals surface area contributed by atoms with Gasteiger partial charge in [-0.2, -0.15) is 0 Å². The normalized spacial score (nSPS) is 23.6. The first-order valence-corrected chi connectivity index (χ1v) is 12.6. The molecule has 0 spiro atoms. The first-order valence-electron chi connectivity index (χ1n) is 12.6. The van der Waals surface area contributed by atoms with Gasteiger partial charge >= 0.3 is 0 Å². The molecule has 40 heavy (non-hydrogen) atoms. The first-order chi connectivity index (χ1) is 19.3. The van der Waals surface area contributed by atoms with Gasteiger partial charge in [-0.25, -0.2) is 24.6 Å². The minimum atomic E-state index is -0.926. The van der Waals surface area contributed by atoms with Crippen molar-refractivity contribution in [2.45, 2.75) is 57.1 Å². The highest BCUT2D eigenvalue weighted by Crippen LogP contribution is 2.43. The predicted molar refractivity (Wildman–Crippen MR) is 137 cm³/mol. The third-order valence-corrected chi connectivity index (χ3v) is 6.56. The predicted octanol–water partition coefficient (Wildman–Crippen LogP) is 0.0278. The van der Waals surface area contributed by atoms with Crippen molar-refractivity contribution in [3.05, 3.63) is 54.1 Å². The fraction of sp³-hybridized carbons (Fsp3) is 0.417. The van der Waals surface area contributed by atoms with Crippen LogP contribution in [0.25, 0.3) is 11.2 Å². The Morgan fingerprint density at radius 3 is 2.92 bits per heavy atom. The molecule has 0 saturated carbocycles. The summed E-state index contributed by atoms with van der Waals surface area (Å²) in [5.74, 6) is -0.997. The number of imidazole rings is 1. The quantitative estimate of drug-likeness (QED) is 0.151. The van der Waals surface area contributed by atoms with Crippen LogP contribution in [-0.2, 0) is 32.0 Å². The monoisotopic (exact) mass is 549 g/mol. The van der Waals surface area contributed by atoms with E-state index in [1.54, 1.807) is 41.7 Å². The van der Waals surface area contributed by atoms with Gasteiger partial charge in [-0.15, -0.1) is 5.10 Å². The number of nitrogen functional groups attached to an aromatic ring is 1. The van der Waals surface area contributed by atoms with E-state index in [0.29, 0.717) is 42.1 Å². The lowest BCUT2D eigenvalue weighted by atomic mass is 10.1. The molecule has 4 atom stereocenters. The van der Waals surface area contributed by atoms with Gasteiger partial charge in [0.15, 0.2) is 29.6 Å². The number of aromatic nitrogens is 8. The van der Waals surface area contributed by atoms with Crippen molar-refractivity contribution in [1.82, 2.24) is 44.8 Å². The third kappa shape index (κ3) is 4.94. The number of ether oxygens (including phenoxy) is 3. The Kier molecular flexibility index (Phi) is 6.57. The summed E-state index contributed by atoms with van der Waals surface area (Å²) in [6.07, 6.45) is 3.52. The molecule has 0 unspecified atom stereocenters. The van der Waals surface area contributed by atoms with Crippen LogP contribution < -0.4 is 11.1 Å². The molecule has 208 valence electrons. The van der Waals surface area contributed by atoms with Crippen LogP contribution in [0.15, 0.2) is 42.2 Å². The smallest absolute Gasteiger partial charge is 0.252 e. The number of anilines is 1. The molecule has 2 aliphatic heterocycles. The summed E-state index contributed by atoms with van der Waals surface area (Å²) in [5, 5.41) is 22.9. The summed E-state index contributed by atoms with van der Waals surface area (Å²) in [7, 11) is 0. The zero-order valence-corrected chi connectivity index (χ0v) is 21.7. The second-order valence-corrected chi connectivity index (χ2v) is 9.84. The Bertz CT molecular complexity index is 1570. The molecule has 16 nitrogen and oxygen atoms in total.